The molecule has 116 valence electrons. The maximum absolute atomic E-state index is 12.6. The van der Waals surface area contributed by atoms with Gasteiger partial charge in [0, 0.05) is 18.5 Å². The van der Waals surface area contributed by atoms with Gasteiger partial charge in [0.05, 0.1) is 36.2 Å². The molecule has 1 aliphatic rings. The standard InChI is InChI=1S/C15H17N3O3S/c1-8-16-11(7-22-8)14-17-10-6-13(21-4)12(20-3)5-9(10)15(19)18(14)2/h5-7,14,17H,1-4H3/t14-/m0/s1. The third-order valence-corrected chi connectivity index (χ3v) is 4.46. The van der Waals surface area contributed by atoms with Crippen molar-refractivity contribution in [2.24, 2.45) is 0 Å². The maximum Gasteiger partial charge on any atom is 0.257 e. The van der Waals surface area contributed by atoms with Gasteiger partial charge in [-0.2, -0.15) is 0 Å². The molecule has 22 heavy (non-hydrogen) atoms. The van der Waals surface area contributed by atoms with Crippen LogP contribution in [0.25, 0.3) is 0 Å². The van der Waals surface area contributed by atoms with Gasteiger partial charge < -0.3 is 19.7 Å². The second-order valence-corrected chi connectivity index (χ2v) is 6.07. The van der Waals surface area contributed by atoms with Gasteiger partial charge in [0.25, 0.3) is 5.91 Å². The number of nitrogens with one attached hydrogen (secondary N) is 1. The molecule has 0 saturated heterocycles. The highest BCUT2D eigenvalue weighted by Gasteiger charge is 2.32. The van der Waals surface area contributed by atoms with Crippen LogP contribution in [0, 0.1) is 6.92 Å². The van der Waals surface area contributed by atoms with Crippen molar-refractivity contribution in [3.05, 3.63) is 33.8 Å². The second-order valence-electron chi connectivity index (χ2n) is 5.01. The molecular formula is C15H17N3O3S. The first-order valence-corrected chi connectivity index (χ1v) is 7.65. The number of carbonyl (C=O) groups is 1. The van der Waals surface area contributed by atoms with Crippen molar-refractivity contribution in [1.29, 1.82) is 0 Å². The number of fused-ring (bicyclic) bond motifs is 1. The lowest BCUT2D eigenvalue weighted by Gasteiger charge is -2.34. The first kappa shape index (κ1) is 14.6. The van der Waals surface area contributed by atoms with Crippen LogP contribution in [0.4, 0.5) is 5.69 Å². The van der Waals surface area contributed by atoms with Crippen LogP contribution >= 0.6 is 11.3 Å². The number of thiazole rings is 1. The minimum Gasteiger partial charge on any atom is -0.493 e. The number of nitrogens with zero attached hydrogens (tertiary/aromatic N) is 2. The van der Waals surface area contributed by atoms with E-state index in [1.165, 1.54) is 0 Å². The molecule has 1 atom stereocenters. The van der Waals surface area contributed by atoms with Crippen molar-refractivity contribution in [3.8, 4) is 11.5 Å². The fraction of sp³-hybridized carbons (Fsp3) is 0.333. The number of aromatic nitrogens is 1. The fourth-order valence-electron chi connectivity index (χ4n) is 2.50. The smallest absolute Gasteiger partial charge is 0.257 e. The van der Waals surface area contributed by atoms with Crippen LogP contribution in [0.3, 0.4) is 0 Å². The zero-order valence-electron chi connectivity index (χ0n) is 12.8. The minimum atomic E-state index is -0.289. The van der Waals surface area contributed by atoms with Crippen LogP contribution in [0.15, 0.2) is 17.5 Å². The summed E-state index contributed by atoms with van der Waals surface area (Å²) in [7, 11) is 4.88. The summed E-state index contributed by atoms with van der Waals surface area (Å²) in [5.74, 6) is 1.04. The number of amides is 1. The average Bonchev–Trinajstić information content (AvgIpc) is 2.95. The van der Waals surface area contributed by atoms with E-state index in [0.717, 1.165) is 16.4 Å². The van der Waals surface area contributed by atoms with Crippen LogP contribution < -0.4 is 14.8 Å². The normalized spacial score (nSPS) is 17.0. The monoisotopic (exact) mass is 319 g/mol. The molecule has 0 saturated carbocycles. The number of carbonyl (C=O) groups excluding carboxylic acids is 1. The number of benzene rings is 1. The summed E-state index contributed by atoms with van der Waals surface area (Å²) in [5, 5.41) is 6.28. The summed E-state index contributed by atoms with van der Waals surface area (Å²) in [4.78, 5) is 18.8. The average molecular weight is 319 g/mol. The van der Waals surface area contributed by atoms with E-state index in [0.29, 0.717) is 17.1 Å². The van der Waals surface area contributed by atoms with Crippen LogP contribution in [-0.4, -0.2) is 37.1 Å². The van der Waals surface area contributed by atoms with E-state index in [2.05, 4.69) is 10.3 Å². The Morgan fingerprint density at radius 2 is 1.95 bits per heavy atom. The number of aryl methyl sites for hydroxylation is 1. The van der Waals surface area contributed by atoms with Gasteiger partial charge in [0.15, 0.2) is 11.5 Å². The lowest BCUT2D eigenvalue weighted by molar-refractivity contribution is 0.0732. The van der Waals surface area contributed by atoms with Crippen LogP contribution in [0.1, 0.15) is 27.2 Å². The first-order chi connectivity index (χ1) is 10.5. The van der Waals surface area contributed by atoms with E-state index in [9.17, 15) is 4.79 Å². The topological polar surface area (TPSA) is 63.7 Å². The molecule has 1 aromatic carbocycles. The van der Waals surface area contributed by atoms with E-state index in [1.807, 2.05) is 12.3 Å². The number of ether oxygens (including phenoxy) is 2. The zero-order valence-corrected chi connectivity index (χ0v) is 13.7. The number of hydrogen-bond acceptors (Lipinski definition) is 6. The molecule has 1 aliphatic heterocycles. The molecule has 1 amide bonds. The molecule has 2 aromatic rings. The molecule has 3 rings (SSSR count). The Hall–Kier alpha value is -2.28. The van der Waals surface area contributed by atoms with Gasteiger partial charge in [-0.25, -0.2) is 4.98 Å². The third-order valence-electron chi connectivity index (χ3n) is 3.67. The molecule has 1 aromatic heterocycles. The van der Waals surface area contributed by atoms with Crippen LogP contribution in [-0.2, 0) is 0 Å². The largest absolute Gasteiger partial charge is 0.493 e. The summed E-state index contributed by atoms with van der Waals surface area (Å²) in [6, 6.07) is 3.48. The summed E-state index contributed by atoms with van der Waals surface area (Å²) in [5.41, 5.74) is 2.11. The minimum absolute atomic E-state index is 0.0784. The highest BCUT2D eigenvalue weighted by molar-refractivity contribution is 7.09. The van der Waals surface area contributed by atoms with E-state index < -0.39 is 0 Å². The van der Waals surface area contributed by atoms with E-state index >= 15 is 0 Å². The Kier molecular flexibility index (Phi) is 3.66. The van der Waals surface area contributed by atoms with Gasteiger partial charge in [-0.1, -0.05) is 0 Å². The SMILES string of the molecule is COc1cc2c(cc1OC)C(=O)N(C)[C@@H](c1csc(C)n1)N2. The summed E-state index contributed by atoms with van der Waals surface area (Å²) < 4.78 is 10.6. The molecule has 6 nitrogen and oxygen atoms in total. The first-order valence-electron chi connectivity index (χ1n) is 6.77. The molecule has 2 heterocycles. The van der Waals surface area contributed by atoms with Crippen molar-refractivity contribution >= 4 is 22.9 Å². The Balaban J connectivity index is 2.05. The van der Waals surface area contributed by atoms with Gasteiger partial charge in [-0.15, -0.1) is 11.3 Å². The van der Waals surface area contributed by atoms with Gasteiger partial charge >= 0.3 is 0 Å². The molecule has 0 spiro atoms. The predicted octanol–water partition coefficient (Wildman–Crippen LogP) is 2.67. The molecule has 0 radical (unpaired) electrons. The molecular weight excluding hydrogens is 302 g/mol. The van der Waals surface area contributed by atoms with Crippen LogP contribution in [0.2, 0.25) is 0 Å². The number of methoxy groups -OCH3 is 2. The lowest BCUT2D eigenvalue weighted by Crippen LogP contribution is -2.40. The highest BCUT2D eigenvalue weighted by Crippen LogP contribution is 2.39. The second kappa shape index (κ2) is 5.49. The van der Waals surface area contributed by atoms with Gasteiger partial charge in [-0.05, 0) is 13.0 Å². The molecule has 0 unspecified atom stereocenters. The summed E-state index contributed by atoms with van der Waals surface area (Å²) >= 11 is 1.56. The molecule has 7 heteroatoms. The van der Waals surface area contributed by atoms with Crippen molar-refractivity contribution in [2.75, 3.05) is 26.6 Å². The number of rotatable bonds is 3. The number of hydrogen-bond donors (Lipinski definition) is 1. The molecule has 1 N–H and O–H groups in total. The predicted molar refractivity (Wildman–Crippen MR) is 84.9 cm³/mol. The maximum atomic E-state index is 12.6. The Morgan fingerprint density at radius 3 is 2.55 bits per heavy atom. The Labute approximate surface area is 132 Å². The van der Waals surface area contributed by atoms with Crippen molar-refractivity contribution in [2.45, 2.75) is 13.1 Å². The van der Waals surface area contributed by atoms with E-state index in [-0.39, 0.29) is 12.1 Å². The van der Waals surface area contributed by atoms with E-state index in [1.54, 1.807) is 49.6 Å². The van der Waals surface area contributed by atoms with Crippen molar-refractivity contribution in [3.63, 3.8) is 0 Å². The van der Waals surface area contributed by atoms with E-state index in [4.69, 9.17) is 9.47 Å². The lowest BCUT2D eigenvalue weighted by atomic mass is 10.1. The Morgan fingerprint density at radius 1 is 1.27 bits per heavy atom. The van der Waals surface area contributed by atoms with Gasteiger partial charge in [0.1, 0.15) is 6.17 Å². The summed E-state index contributed by atoms with van der Waals surface area (Å²) in [6.45, 7) is 1.95. The molecule has 0 fully saturated rings. The fourth-order valence-corrected chi connectivity index (χ4v) is 3.14. The quantitative estimate of drug-likeness (QED) is 0.942. The van der Waals surface area contributed by atoms with Crippen molar-refractivity contribution < 1.29 is 14.3 Å². The van der Waals surface area contributed by atoms with Gasteiger partial charge in [0.2, 0.25) is 0 Å². The Bertz CT molecular complexity index is 729. The summed E-state index contributed by atoms with van der Waals surface area (Å²) in [6.07, 6.45) is -0.289. The molecule has 0 aliphatic carbocycles. The molecule has 0 bridgehead atoms. The van der Waals surface area contributed by atoms with Crippen molar-refractivity contribution in [1.82, 2.24) is 9.88 Å². The highest BCUT2D eigenvalue weighted by atomic mass is 32.1. The number of anilines is 1. The van der Waals surface area contributed by atoms with Crippen LogP contribution in [0.5, 0.6) is 11.5 Å². The van der Waals surface area contributed by atoms with Gasteiger partial charge in [-0.3, -0.25) is 4.79 Å². The third kappa shape index (κ3) is 2.27. The zero-order chi connectivity index (χ0) is 15.9.